The van der Waals surface area contributed by atoms with E-state index in [0.717, 1.165) is 48.6 Å². The van der Waals surface area contributed by atoms with Crippen molar-refractivity contribution in [2.45, 2.75) is 78.1 Å². The Bertz CT molecular complexity index is 834. The molecule has 1 aliphatic heterocycles. The number of likely N-dealkylation sites (tertiary alicyclic amines) is 1. The summed E-state index contributed by atoms with van der Waals surface area (Å²) in [6, 6.07) is 8.01. The maximum absolute atomic E-state index is 12.7. The highest BCUT2D eigenvalue weighted by atomic mass is 16.2. The maximum Gasteiger partial charge on any atom is 0.253 e. The molecule has 1 atom stereocenters. The fourth-order valence-electron chi connectivity index (χ4n) is 5.51. The smallest absolute Gasteiger partial charge is 0.253 e. The number of hydrogen-bond acceptors (Lipinski definition) is 2. The Hall–Kier alpha value is -2.10. The molecule has 4 rings (SSSR count). The van der Waals surface area contributed by atoms with Crippen LogP contribution in [0.4, 0.5) is 0 Å². The molecule has 1 aromatic heterocycles. The number of aromatic nitrogens is 2. The minimum atomic E-state index is 0.161. The van der Waals surface area contributed by atoms with Crippen LogP contribution in [0.15, 0.2) is 30.5 Å². The molecule has 2 fully saturated rings. The third-order valence-corrected chi connectivity index (χ3v) is 7.02. The number of carbonyl (C=O) groups is 1. The number of nitrogens with zero attached hydrogens (tertiary/aromatic N) is 2. The Kier molecular flexibility index (Phi) is 6.31. The summed E-state index contributed by atoms with van der Waals surface area (Å²) < 4.78 is 0. The van der Waals surface area contributed by atoms with Crippen LogP contribution in [0.2, 0.25) is 0 Å². The lowest BCUT2D eigenvalue weighted by Gasteiger charge is -2.37. The SMILES string of the molecule is CC(C)(C)C(c1nc(-c2ccc(C(=O)N3CCCCC3)cc2)c[nH]1)C1CCCCC1. The van der Waals surface area contributed by atoms with Gasteiger partial charge in [0.2, 0.25) is 0 Å². The number of hydrogen-bond donors (Lipinski definition) is 1. The zero-order valence-corrected chi connectivity index (χ0v) is 18.9. The minimum Gasteiger partial charge on any atom is -0.348 e. The van der Waals surface area contributed by atoms with Crippen molar-refractivity contribution in [1.29, 1.82) is 0 Å². The molecule has 162 valence electrons. The van der Waals surface area contributed by atoms with Gasteiger partial charge in [-0.2, -0.15) is 0 Å². The van der Waals surface area contributed by atoms with E-state index in [1.807, 2.05) is 35.4 Å². The van der Waals surface area contributed by atoms with Gasteiger partial charge in [0.25, 0.3) is 5.91 Å². The number of aromatic amines is 1. The Morgan fingerprint density at radius 1 is 1.00 bits per heavy atom. The van der Waals surface area contributed by atoms with E-state index in [4.69, 9.17) is 4.98 Å². The molecule has 1 saturated heterocycles. The van der Waals surface area contributed by atoms with Crippen LogP contribution in [0.25, 0.3) is 11.3 Å². The van der Waals surface area contributed by atoms with Crippen LogP contribution in [0.3, 0.4) is 0 Å². The molecule has 30 heavy (non-hydrogen) atoms. The van der Waals surface area contributed by atoms with Gasteiger partial charge in [-0.1, -0.05) is 52.2 Å². The van der Waals surface area contributed by atoms with Crippen LogP contribution in [-0.4, -0.2) is 33.9 Å². The van der Waals surface area contributed by atoms with Gasteiger partial charge in [-0.05, 0) is 55.6 Å². The van der Waals surface area contributed by atoms with E-state index in [0.29, 0.717) is 11.8 Å². The second kappa shape index (κ2) is 8.95. The van der Waals surface area contributed by atoms with Crippen LogP contribution >= 0.6 is 0 Å². The number of benzene rings is 1. The van der Waals surface area contributed by atoms with Crippen molar-refractivity contribution in [3.63, 3.8) is 0 Å². The van der Waals surface area contributed by atoms with E-state index in [9.17, 15) is 4.79 Å². The van der Waals surface area contributed by atoms with Crippen molar-refractivity contribution in [1.82, 2.24) is 14.9 Å². The summed E-state index contributed by atoms with van der Waals surface area (Å²) in [4.78, 5) is 23.3. The van der Waals surface area contributed by atoms with Crippen LogP contribution in [-0.2, 0) is 0 Å². The standard InChI is InChI=1S/C26H37N3O/c1-26(2,3)23(20-10-6-4-7-11-20)24-27-18-22(28-24)19-12-14-21(15-13-19)25(30)29-16-8-5-9-17-29/h12-15,18,20,23H,4-11,16-17H2,1-3H3,(H,27,28). The van der Waals surface area contributed by atoms with E-state index in [-0.39, 0.29) is 11.3 Å². The highest BCUT2D eigenvalue weighted by Gasteiger charge is 2.36. The maximum atomic E-state index is 12.7. The molecule has 4 heteroatoms. The molecule has 2 heterocycles. The average molecular weight is 408 g/mol. The molecule has 1 N–H and O–H groups in total. The van der Waals surface area contributed by atoms with Crippen molar-refractivity contribution in [2.75, 3.05) is 13.1 Å². The first-order chi connectivity index (χ1) is 14.4. The molecule has 1 aliphatic carbocycles. The molecule has 0 bridgehead atoms. The second-order valence-corrected chi connectivity index (χ2v) is 10.3. The van der Waals surface area contributed by atoms with Crippen LogP contribution in [0.5, 0.6) is 0 Å². The Labute approximate surface area is 181 Å². The summed E-state index contributed by atoms with van der Waals surface area (Å²) in [5.41, 5.74) is 3.02. The number of imidazole rings is 1. The molecular weight excluding hydrogens is 370 g/mol. The highest BCUT2D eigenvalue weighted by Crippen LogP contribution is 2.45. The first-order valence-electron chi connectivity index (χ1n) is 11.9. The van der Waals surface area contributed by atoms with Crippen molar-refractivity contribution in [3.8, 4) is 11.3 Å². The second-order valence-electron chi connectivity index (χ2n) is 10.3. The summed E-state index contributed by atoms with van der Waals surface area (Å²) in [6.45, 7) is 8.80. The van der Waals surface area contributed by atoms with Gasteiger partial charge in [0, 0.05) is 36.3 Å². The lowest BCUT2D eigenvalue weighted by Crippen LogP contribution is -2.35. The summed E-state index contributed by atoms with van der Waals surface area (Å²) in [5.74, 6) is 2.45. The van der Waals surface area contributed by atoms with Crippen molar-refractivity contribution in [2.24, 2.45) is 11.3 Å². The van der Waals surface area contributed by atoms with Crippen LogP contribution < -0.4 is 0 Å². The molecule has 0 spiro atoms. The van der Waals surface area contributed by atoms with E-state index in [2.05, 4.69) is 25.8 Å². The third kappa shape index (κ3) is 4.63. The van der Waals surface area contributed by atoms with Crippen LogP contribution in [0.1, 0.15) is 94.2 Å². The number of amides is 1. The predicted molar refractivity (Wildman–Crippen MR) is 123 cm³/mol. The summed E-state index contributed by atoms with van der Waals surface area (Å²) in [7, 11) is 0. The van der Waals surface area contributed by atoms with Crippen molar-refractivity contribution < 1.29 is 4.79 Å². The normalized spacial score (nSPS) is 19.6. The predicted octanol–water partition coefficient (Wildman–Crippen LogP) is 6.41. The van der Waals surface area contributed by atoms with Gasteiger partial charge in [0.05, 0.1) is 5.69 Å². The fraction of sp³-hybridized carbons (Fsp3) is 0.615. The summed E-state index contributed by atoms with van der Waals surface area (Å²) >= 11 is 0. The molecular formula is C26H37N3O. The molecule has 1 amide bonds. The number of rotatable bonds is 4. The fourth-order valence-corrected chi connectivity index (χ4v) is 5.51. The van der Waals surface area contributed by atoms with Gasteiger partial charge >= 0.3 is 0 Å². The lowest BCUT2D eigenvalue weighted by atomic mass is 9.68. The van der Waals surface area contributed by atoms with Gasteiger partial charge in [0.1, 0.15) is 5.82 Å². The largest absolute Gasteiger partial charge is 0.348 e. The average Bonchev–Trinajstić information content (AvgIpc) is 3.23. The zero-order valence-electron chi connectivity index (χ0n) is 18.9. The molecule has 4 nitrogen and oxygen atoms in total. The van der Waals surface area contributed by atoms with Gasteiger partial charge in [-0.25, -0.2) is 4.98 Å². The van der Waals surface area contributed by atoms with Gasteiger partial charge in [-0.3, -0.25) is 4.79 Å². The van der Waals surface area contributed by atoms with Crippen molar-refractivity contribution >= 4 is 5.91 Å². The molecule has 1 aromatic carbocycles. The highest BCUT2D eigenvalue weighted by molar-refractivity contribution is 5.94. The number of carbonyl (C=O) groups excluding carboxylic acids is 1. The zero-order chi connectivity index (χ0) is 21.1. The summed E-state index contributed by atoms with van der Waals surface area (Å²) in [5, 5.41) is 0. The molecule has 1 saturated carbocycles. The number of nitrogens with one attached hydrogen (secondary N) is 1. The number of H-pyrrole nitrogens is 1. The Morgan fingerprint density at radius 2 is 1.63 bits per heavy atom. The molecule has 2 aliphatic rings. The third-order valence-electron chi connectivity index (χ3n) is 7.02. The first kappa shape index (κ1) is 21.1. The van der Waals surface area contributed by atoms with Gasteiger partial charge in [-0.15, -0.1) is 0 Å². The minimum absolute atomic E-state index is 0.161. The topological polar surface area (TPSA) is 49.0 Å². The molecule has 2 aromatic rings. The Balaban J connectivity index is 1.52. The number of piperidine rings is 1. The van der Waals surface area contributed by atoms with Gasteiger partial charge in [0.15, 0.2) is 0 Å². The Morgan fingerprint density at radius 3 is 2.27 bits per heavy atom. The van der Waals surface area contributed by atoms with Crippen LogP contribution in [0, 0.1) is 11.3 Å². The quantitative estimate of drug-likeness (QED) is 0.636. The van der Waals surface area contributed by atoms with E-state index < -0.39 is 0 Å². The monoisotopic (exact) mass is 407 g/mol. The van der Waals surface area contributed by atoms with Crippen molar-refractivity contribution in [3.05, 3.63) is 41.9 Å². The summed E-state index contributed by atoms with van der Waals surface area (Å²) in [6.07, 6.45) is 12.2. The lowest BCUT2D eigenvalue weighted by molar-refractivity contribution is 0.0724. The first-order valence-corrected chi connectivity index (χ1v) is 11.9. The van der Waals surface area contributed by atoms with E-state index in [1.54, 1.807) is 0 Å². The van der Waals surface area contributed by atoms with Gasteiger partial charge < -0.3 is 9.88 Å². The van der Waals surface area contributed by atoms with E-state index in [1.165, 1.54) is 38.5 Å². The molecule has 1 unspecified atom stereocenters. The van der Waals surface area contributed by atoms with E-state index >= 15 is 0 Å². The molecule has 0 radical (unpaired) electrons.